The highest BCUT2D eigenvalue weighted by molar-refractivity contribution is 7.99. The molecule has 2 aromatic rings. The summed E-state index contributed by atoms with van der Waals surface area (Å²) < 4.78 is 11.3. The fraction of sp³-hybridized carbons (Fsp3) is 0.278. The molecule has 0 aromatic heterocycles. The second kappa shape index (κ2) is 7.99. The van der Waals surface area contributed by atoms with Crippen molar-refractivity contribution in [3.05, 3.63) is 58.6 Å². The van der Waals surface area contributed by atoms with Crippen molar-refractivity contribution < 1.29 is 24.7 Å². The Morgan fingerprint density at radius 3 is 2.80 bits per heavy atom. The zero-order valence-corrected chi connectivity index (χ0v) is 15.2. The number of aliphatic carboxylic acids is 1. The molecule has 0 radical (unpaired) electrons. The average Bonchev–Trinajstić information content (AvgIpc) is 3.11. The molecule has 0 saturated carbocycles. The Balaban J connectivity index is 1.72. The van der Waals surface area contributed by atoms with Gasteiger partial charge in [0.1, 0.15) is 18.6 Å². The monoisotopic (exact) mass is 379 g/mol. The standard InChI is InChI=1S/C18H18ClNO4S/c1-23-16-8-11(17-20-14(10-25-17)18(21)22)6-7-15(16)24-9-12-4-2-3-5-13(12)19/h2-8,14,17,20H,9-10H2,1H3,(H,21,22)/t14-,17+/m0/s1. The van der Waals surface area contributed by atoms with Crippen molar-refractivity contribution in [1.82, 2.24) is 0 Å². The molecular weight excluding hydrogens is 362 g/mol. The Morgan fingerprint density at radius 2 is 2.12 bits per heavy atom. The predicted molar refractivity (Wildman–Crippen MR) is 94.7 cm³/mol. The number of benzene rings is 2. The Kier molecular flexibility index (Phi) is 5.73. The first-order chi connectivity index (χ1) is 12.1. The maximum atomic E-state index is 11.0. The quantitative estimate of drug-likeness (QED) is 0.820. The fourth-order valence-electron chi connectivity index (χ4n) is 2.63. The van der Waals surface area contributed by atoms with E-state index in [9.17, 15) is 9.90 Å². The molecule has 3 rings (SSSR count). The molecule has 0 aliphatic carbocycles. The van der Waals surface area contributed by atoms with Crippen LogP contribution in [-0.2, 0) is 11.4 Å². The van der Waals surface area contributed by atoms with Gasteiger partial charge in [0.05, 0.1) is 12.9 Å². The van der Waals surface area contributed by atoms with E-state index in [-0.39, 0.29) is 5.37 Å². The Morgan fingerprint density at radius 1 is 1.32 bits per heavy atom. The van der Waals surface area contributed by atoms with Crippen LogP contribution in [0, 0.1) is 0 Å². The zero-order chi connectivity index (χ0) is 17.8. The van der Waals surface area contributed by atoms with Gasteiger partial charge in [0.25, 0.3) is 0 Å². The molecule has 0 bridgehead atoms. The maximum Gasteiger partial charge on any atom is 0.161 e. The number of carboxylic acid groups (broad SMARTS) is 1. The van der Waals surface area contributed by atoms with Crippen LogP contribution in [0.25, 0.3) is 0 Å². The molecule has 25 heavy (non-hydrogen) atoms. The zero-order valence-electron chi connectivity index (χ0n) is 13.6. The first-order valence-corrected chi connectivity index (χ1v) is 9.22. The molecular formula is C18H18ClNO4S. The van der Waals surface area contributed by atoms with Gasteiger partial charge in [-0.15, -0.1) is 0 Å². The third kappa shape index (κ3) is 4.21. The molecule has 1 saturated heterocycles. The number of methoxy groups -OCH3 is 1. The van der Waals surface area contributed by atoms with Gasteiger partial charge in [-0.25, -0.2) is 0 Å². The molecule has 1 aliphatic heterocycles. The van der Waals surface area contributed by atoms with Gasteiger partial charge in [0, 0.05) is 16.1 Å². The summed E-state index contributed by atoms with van der Waals surface area (Å²) in [6.45, 7) is 0.340. The van der Waals surface area contributed by atoms with Crippen LogP contribution in [0.4, 0.5) is 0 Å². The molecule has 1 aliphatic rings. The third-order valence-corrected chi connectivity index (χ3v) is 5.73. The lowest BCUT2D eigenvalue weighted by molar-refractivity contribution is -0.690. The van der Waals surface area contributed by atoms with Gasteiger partial charge in [-0.3, -0.25) is 0 Å². The topological polar surface area (TPSA) is 75.2 Å². The number of nitrogens with two attached hydrogens (primary N) is 1. The number of thioether (sulfide) groups is 1. The molecule has 2 N–H and O–H groups in total. The van der Waals surface area contributed by atoms with E-state index in [2.05, 4.69) is 0 Å². The summed E-state index contributed by atoms with van der Waals surface area (Å²) in [5, 5.41) is 13.5. The summed E-state index contributed by atoms with van der Waals surface area (Å²) in [6.07, 6.45) is 0. The third-order valence-electron chi connectivity index (χ3n) is 4.02. The lowest BCUT2D eigenvalue weighted by Gasteiger charge is -2.15. The molecule has 2 atom stereocenters. The van der Waals surface area contributed by atoms with Crippen molar-refractivity contribution >= 4 is 29.3 Å². The summed E-state index contributed by atoms with van der Waals surface area (Å²) in [4.78, 5) is 11.0. The lowest BCUT2D eigenvalue weighted by Crippen LogP contribution is -2.90. The van der Waals surface area contributed by atoms with E-state index in [1.807, 2.05) is 42.5 Å². The van der Waals surface area contributed by atoms with Crippen molar-refractivity contribution in [1.29, 1.82) is 0 Å². The molecule has 0 spiro atoms. The Hall–Kier alpha value is -1.89. The van der Waals surface area contributed by atoms with Gasteiger partial charge in [-0.1, -0.05) is 41.6 Å². The summed E-state index contributed by atoms with van der Waals surface area (Å²) in [6, 6.07) is 12.6. The number of carbonyl (C=O) groups is 1. The number of halogens is 1. The number of carboxylic acids is 1. The largest absolute Gasteiger partial charge is 0.544 e. The van der Waals surface area contributed by atoms with Gasteiger partial charge in [0.2, 0.25) is 0 Å². The molecule has 1 heterocycles. The minimum Gasteiger partial charge on any atom is -0.544 e. The maximum absolute atomic E-state index is 11.0. The molecule has 0 amide bonds. The number of rotatable bonds is 6. The van der Waals surface area contributed by atoms with Crippen LogP contribution in [0.15, 0.2) is 42.5 Å². The molecule has 2 aromatic carbocycles. The minimum absolute atomic E-state index is 0.00872. The second-order valence-corrected chi connectivity index (χ2v) is 7.24. The van der Waals surface area contributed by atoms with E-state index < -0.39 is 12.0 Å². The highest BCUT2D eigenvalue weighted by Crippen LogP contribution is 2.34. The smallest absolute Gasteiger partial charge is 0.161 e. The summed E-state index contributed by atoms with van der Waals surface area (Å²) in [5.41, 5.74) is 1.88. The van der Waals surface area contributed by atoms with Crippen LogP contribution in [0.1, 0.15) is 16.5 Å². The van der Waals surface area contributed by atoms with Crippen LogP contribution in [0.2, 0.25) is 5.02 Å². The van der Waals surface area contributed by atoms with Crippen molar-refractivity contribution in [2.75, 3.05) is 12.9 Å². The molecule has 0 unspecified atom stereocenters. The molecule has 1 fully saturated rings. The SMILES string of the molecule is COc1cc([C@@H]2[NH2+][C@H](C(=O)[O-])CS2)ccc1OCc1ccccc1Cl. The van der Waals surface area contributed by atoms with Gasteiger partial charge in [0.15, 0.2) is 16.9 Å². The van der Waals surface area contributed by atoms with E-state index in [0.29, 0.717) is 28.9 Å². The van der Waals surface area contributed by atoms with Gasteiger partial charge >= 0.3 is 0 Å². The Labute approximate surface area is 155 Å². The Bertz CT molecular complexity index is 770. The lowest BCUT2D eigenvalue weighted by atomic mass is 10.2. The number of hydrogen-bond acceptors (Lipinski definition) is 5. The summed E-state index contributed by atoms with van der Waals surface area (Å²) >= 11 is 7.72. The van der Waals surface area contributed by atoms with Crippen LogP contribution in [0.3, 0.4) is 0 Å². The number of ether oxygens (including phenoxy) is 2. The second-order valence-electron chi connectivity index (χ2n) is 5.66. The van der Waals surface area contributed by atoms with Crippen LogP contribution < -0.4 is 19.9 Å². The van der Waals surface area contributed by atoms with E-state index in [4.69, 9.17) is 21.1 Å². The molecule has 7 heteroatoms. The number of carbonyl (C=O) groups excluding carboxylic acids is 1. The van der Waals surface area contributed by atoms with E-state index in [1.54, 1.807) is 24.2 Å². The van der Waals surface area contributed by atoms with Gasteiger partial charge in [-0.05, 0) is 24.3 Å². The normalized spacial score (nSPS) is 19.6. The van der Waals surface area contributed by atoms with E-state index >= 15 is 0 Å². The first kappa shape index (κ1) is 17.9. The van der Waals surface area contributed by atoms with Crippen molar-refractivity contribution in [3.8, 4) is 11.5 Å². The number of hydrogen-bond donors (Lipinski definition) is 1. The van der Waals surface area contributed by atoms with Crippen molar-refractivity contribution in [3.63, 3.8) is 0 Å². The van der Waals surface area contributed by atoms with Crippen molar-refractivity contribution in [2.45, 2.75) is 18.0 Å². The van der Waals surface area contributed by atoms with Crippen LogP contribution >= 0.6 is 23.4 Å². The molecule has 5 nitrogen and oxygen atoms in total. The predicted octanol–water partition coefficient (Wildman–Crippen LogP) is 1.35. The number of quaternary nitrogens is 1. The van der Waals surface area contributed by atoms with E-state index in [0.717, 1.165) is 11.1 Å². The minimum atomic E-state index is -1.03. The van der Waals surface area contributed by atoms with Crippen LogP contribution in [-0.4, -0.2) is 24.9 Å². The summed E-state index contributed by atoms with van der Waals surface area (Å²) in [5.74, 6) is 0.725. The molecule has 132 valence electrons. The summed E-state index contributed by atoms with van der Waals surface area (Å²) in [7, 11) is 1.58. The first-order valence-electron chi connectivity index (χ1n) is 7.80. The highest BCUT2D eigenvalue weighted by Gasteiger charge is 2.31. The van der Waals surface area contributed by atoms with E-state index in [1.165, 1.54) is 0 Å². The highest BCUT2D eigenvalue weighted by atomic mass is 35.5. The van der Waals surface area contributed by atoms with Gasteiger partial charge < -0.3 is 24.7 Å². The average molecular weight is 380 g/mol. The fourth-order valence-corrected chi connectivity index (χ4v) is 4.13. The van der Waals surface area contributed by atoms with Crippen molar-refractivity contribution in [2.24, 2.45) is 0 Å². The van der Waals surface area contributed by atoms with Crippen LogP contribution in [0.5, 0.6) is 11.5 Å². The van der Waals surface area contributed by atoms with Gasteiger partial charge in [-0.2, -0.15) is 0 Å².